The zero-order valence-corrected chi connectivity index (χ0v) is 17.5. The Labute approximate surface area is 170 Å². The zero-order valence-electron chi connectivity index (χ0n) is 17.5. The molecule has 3 N–H and O–H groups in total. The summed E-state index contributed by atoms with van der Waals surface area (Å²) < 4.78 is 7.57. The van der Waals surface area contributed by atoms with Crippen LogP contribution in [-0.4, -0.2) is 44.4 Å². The third-order valence-corrected chi connectivity index (χ3v) is 4.41. The molecule has 2 heterocycles. The monoisotopic (exact) mass is 399 g/mol. The number of rotatable bonds is 8. The highest BCUT2D eigenvalue weighted by Crippen LogP contribution is 2.31. The lowest BCUT2D eigenvalue weighted by Crippen LogP contribution is -2.29. The summed E-state index contributed by atoms with van der Waals surface area (Å²) in [5, 5.41) is 17.0. The Morgan fingerprint density at radius 2 is 2.00 bits per heavy atom. The third-order valence-electron chi connectivity index (χ3n) is 4.41. The van der Waals surface area contributed by atoms with Gasteiger partial charge in [-0.3, -0.25) is 5.32 Å². The maximum atomic E-state index is 12.3. The molecule has 0 unspecified atom stereocenters. The smallest absolute Gasteiger partial charge is 0.320 e. The van der Waals surface area contributed by atoms with Gasteiger partial charge in [-0.2, -0.15) is 0 Å². The van der Waals surface area contributed by atoms with Crippen molar-refractivity contribution in [2.75, 3.05) is 18.5 Å². The van der Waals surface area contributed by atoms with E-state index in [0.717, 1.165) is 22.8 Å². The van der Waals surface area contributed by atoms with E-state index >= 15 is 0 Å². The predicted octanol–water partition coefficient (Wildman–Crippen LogP) is 3.42. The van der Waals surface area contributed by atoms with E-state index in [1.54, 1.807) is 13.8 Å². The highest BCUT2D eigenvalue weighted by molar-refractivity contribution is 6.09. The van der Waals surface area contributed by atoms with Crippen molar-refractivity contribution in [1.82, 2.24) is 19.9 Å². The first-order chi connectivity index (χ1) is 13.8. The van der Waals surface area contributed by atoms with Gasteiger partial charge in [0.15, 0.2) is 5.82 Å². The van der Waals surface area contributed by atoms with E-state index in [-0.39, 0.29) is 6.03 Å². The van der Waals surface area contributed by atoms with E-state index in [9.17, 15) is 9.90 Å². The van der Waals surface area contributed by atoms with Crippen LogP contribution in [0.3, 0.4) is 0 Å². The number of hydrogen-bond acceptors (Lipinski definition) is 5. The van der Waals surface area contributed by atoms with E-state index in [1.165, 1.54) is 0 Å². The van der Waals surface area contributed by atoms with Gasteiger partial charge in [-0.05, 0) is 33.3 Å². The molecule has 156 valence electrons. The van der Waals surface area contributed by atoms with Gasteiger partial charge in [0.1, 0.15) is 17.9 Å². The Kier molecular flexibility index (Phi) is 6.34. The number of amides is 2. The van der Waals surface area contributed by atoms with Crippen LogP contribution in [0.25, 0.3) is 21.9 Å². The molecule has 0 fully saturated rings. The summed E-state index contributed by atoms with van der Waals surface area (Å²) in [7, 11) is 0. The van der Waals surface area contributed by atoms with Crippen LogP contribution in [0.4, 0.5) is 10.6 Å². The number of urea groups is 1. The van der Waals surface area contributed by atoms with Gasteiger partial charge in [0.25, 0.3) is 0 Å². The molecule has 2 amide bonds. The van der Waals surface area contributed by atoms with Crippen LogP contribution in [0.2, 0.25) is 0 Å². The molecule has 0 radical (unpaired) electrons. The molecule has 0 aliphatic rings. The summed E-state index contributed by atoms with van der Waals surface area (Å²) in [6.07, 6.45) is 0.840. The van der Waals surface area contributed by atoms with Crippen LogP contribution in [0, 0.1) is 0 Å². The number of aromatic nitrogens is 3. The number of nitrogens with zero attached hydrogens (tertiary/aromatic N) is 3. The van der Waals surface area contributed by atoms with Gasteiger partial charge >= 0.3 is 6.03 Å². The molecule has 0 saturated carbocycles. The van der Waals surface area contributed by atoms with E-state index in [1.807, 2.05) is 42.7 Å². The molecule has 29 heavy (non-hydrogen) atoms. The Balaban J connectivity index is 2.21. The molecule has 8 nitrogen and oxygen atoms in total. The van der Waals surface area contributed by atoms with Crippen molar-refractivity contribution < 1.29 is 14.6 Å². The van der Waals surface area contributed by atoms with Gasteiger partial charge in [0, 0.05) is 18.5 Å². The summed E-state index contributed by atoms with van der Waals surface area (Å²) in [5.41, 5.74) is 1.18. The van der Waals surface area contributed by atoms with Crippen LogP contribution in [0.15, 0.2) is 24.3 Å². The molecule has 0 bridgehead atoms. The fourth-order valence-corrected chi connectivity index (χ4v) is 3.22. The number of fused-ring (bicyclic) bond motifs is 3. The average molecular weight is 399 g/mol. The van der Waals surface area contributed by atoms with Gasteiger partial charge in [-0.15, -0.1) is 0 Å². The summed E-state index contributed by atoms with van der Waals surface area (Å²) in [6.45, 7) is 9.18. The molecule has 2 aromatic heterocycles. The average Bonchev–Trinajstić information content (AvgIpc) is 3.02. The van der Waals surface area contributed by atoms with E-state index in [0.29, 0.717) is 43.5 Å². The van der Waals surface area contributed by atoms with Crippen molar-refractivity contribution >= 4 is 33.8 Å². The van der Waals surface area contributed by atoms with Crippen molar-refractivity contribution in [3.8, 4) is 0 Å². The van der Waals surface area contributed by atoms with E-state index < -0.39 is 5.60 Å². The number of para-hydroxylation sites is 1. The first kappa shape index (κ1) is 21.0. The largest absolute Gasteiger partial charge is 0.389 e. The number of nitrogens with one attached hydrogen (secondary N) is 2. The van der Waals surface area contributed by atoms with Crippen LogP contribution in [0.5, 0.6) is 0 Å². The number of hydrogen-bond donors (Lipinski definition) is 3. The van der Waals surface area contributed by atoms with Crippen molar-refractivity contribution in [3.05, 3.63) is 30.1 Å². The maximum Gasteiger partial charge on any atom is 0.320 e. The first-order valence-electron chi connectivity index (χ1n) is 9.97. The molecule has 3 aromatic rings. The van der Waals surface area contributed by atoms with Gasteiger partial charge < -0.3 is 19.7 Å². The summed E-state index contributed by atoms with van der Waals surface area (Å²) >= 11 is 0. The normalized spacial score (nSPS) is 11.9. The second-order valence-corrected chi connectivity index (χ2v) is 7.62. The van der Waals surface area contributed by atoms with Crippen molar-refractivity contribution in [3.63, 3.8) is 0 Å². The number of anilines is 1. The number of benzene rings is 1. The van der Waals surface area contributed by atoms with E-state index in [2.05, 4.69) is 15.6 Å². The minimum atomic E-state index is -0.953. The van der Waals surface area contributed by atoms with Crippen molar-refractivity contribution in [1.29, 1.82) is 0 Å². The fraction of sp³-hybridized carbons (Fsp3) is 0.476. The summed E-state index contributed by atoms with van der Waals surface area (Å²) in [5.74, 6) is 1.07. The SMILES string of the molecule is CCCNC(=O)Nc1nc2ccccc2c2c1nc(COCC)n2CC(C)(C)O. The minimum absolute atomic E-state index is 0.303. The number of imidazole rings is 1. The van der Waals surface area contributed by atoms with Gasteiger partial charge in [0.2, 0.25) is 0 Å². The Bertz CT molecular complexity index is 1010. The van der Waals surface area contributed by atoms with Crippen molar-refractivity contribution in [2.24, 2.45) is 0 Å². The highest BCUT2D eigenvalue weighted by atomic mass is 16.5. The molecule has 8 heteroatoms. The molecule has 0 spiro atoms. The Hall–Kier alpha value is -2.71. The third kappa shape index (κ3) is 4.83. The molecule has 1 aromatic carbocycles. The predicted molar refractivity (Wildman–Crippen MR) is 114 cm³/mol. The fourth-order valence-electron chi connectivity index (χ4n) is 3.22. The molecule has 0 atom stereocenters. The van der Waals surface area contributed by atoms with Gasteiger partial charge in [-0.1, -0.05) is 25.1 Å². The molecule has 0 aliphatic heterocycles. The second-order valence-electron chi connectivity index (χ2n) is 7.62. The standard InChI is InChI=1S/C21H29N5O3/c1-5-11-22-20(27)25-19-17-18(14-9-7-8-10-15(14)23-19)26(13-21(3,4)28)16(24-17)12-29-6-2/h7-10,28H,5-6,11-13H2,1-4H3,(H2,22,23,25,27). The topological polar surface area (TPSA) is 101 Å². The summed E-state index contributed by atoms with van der Waals surface area (Å²) in [6, 6.07) is 7.39. The number of pyridine rings is 1. The molecule has 0 saturated heterocycles. The molecular weight excluding hydrogens is 370 g/mol. The lowest BCUT2D eigenvalue weighted by atomic mass is 10.1. The van der Waals surface area contributed by atoms with Crippen LogP contribution in [0.1, 0.15) is 39.9 Å². The van der Waals surface area contributed by atoms with Crippen LogP contribution in [-0.2, 0) is 17.9 Å². The zero-order chi connectivity index (χ0) is 21.0. The minimum Gasteiger partial charge on any atom is -0.389 e. The van der Waals surface area contributed by atoms with Crippen molar-refractivity contribution in [2.45, 2.75) is 52.9 Å². The molecule has 0 aliphatic carbocycles. The number of carbonyl (C=O) groups excluding carboxylic acids is 1. The quantitative estimate of drug-likeness (QED) is 0.539. The molecule has 3 rings (SSSR count). The lowest BCUT2D eigenvalue weighted by molar-refractivity contribution is 0.0582. The molecular formula is C21H29N5O3. The number of ether oxygens (including phenoxy) is 1. The number of aliphatic hydroxyl groups is 1. The Morgan fingerprint density at radius 1 is 1.24 bits per heavy atom. The second kappa shape index (κ2) is 8.75. The maximum absolute atomic E-state index is 12.3. The van der Waals surface area contributed by atoms with Crippen LogP contribution >= 0.6 is 0 Å². The Morgan fingerprint density at radius 3 is 2.69 bits per heavy atom. The highest BCUT2D eigenvalue weighted by Gasteiger charge is 2.23. The van der Waals surface area contributed by atoms with Gasteiger partial charge in [-0.25, -0.2) is 14.8 Å². The van der Waals surface area contributed by atoms with Gasteiger partial charge in [0.05, 0.1) is 23.2 Å². The van der Waals surface area contributed by atoms with E-state index in [4.69, 9.17) is 9.72 Å². The van der Waals surface area contributed by atoms with Crippen LogP contribution < -0.4 is 10.6 Å². The number of carbonyl (C=O) groups is 1. The first-order valence-corrected chi connectivity index (χ1v) is 9.97. The lowest BCUT2D eigenvalue weighted by Gasteiger charge is -2.20. The summed E-state index contributed by atoms with van der Waals surface area (Å²) in [4.78, 5) is 21.7.